The highest BCUT2D eigenvalue weighted by Crippen LogP contribution is 2.25. The zero-order chi connectivity index (χ0) is 14.3. The van der Waals surface area contributed by atoms with Gasteiger partial charge in [0.25, 0.3) is 0 Å². The maximum absolute atomic E-state index is 10.3. The molecule has 1 rings (SSSR count). The average molecular weight is 270 g/mol. The molecule has 0 saturated carbocycles. The van der Waals surface area contributed by atoms with Crippen LogP contribution in [0.3, 0.4) is 0 Å². The lowest BCUT2D eigenvalue weighted by Gasteiger charge is -2.11. The number of amides is 1. The lowest BCUT2D eigenvalue weighted by molar-refractivity contribution is -0.0640. The Kier molecular flexibility index (Phi) is 5.91. The van der Waals surface area contributed by atoms with Gasteiger partial charge in [-0.3, -0.25) is 5.21 Å². The van der Waals surface area contributed by atoms with Crippen LogP contribution in [0.5, 0.6) is 11.5 Å². The highest BCUT2D eigenvalue weighted by atomic mass is 16.6. The normalized spacial score (nSPS) is 10.2. The summed E-state index contributed by atoms with van der Waals surface area (Å²) in [5.41, 5.74) is 0.939. The molecule has 0 aliphatic rings. The Bertz CT molecular complexity index is 425. The summed E-state index contributed by atoms with van der Waals surface area (Å²) < 4.78 is 4.99. The van der Waals surface area contributed by atoms with E-state index >= 15 is 0 Å². The second-order valence-corrected chi connectivity index (χ2v) is 3.94. The van der Waals surface area contributed by atoms with E-state index in [1.165, 1.54) is 7.11 Å². The number of hydrogen-bond acceptors (Lipinski definition) is 5. The first kappa shape index (κ1) is 15.1. The summed E-state index contributed by atoms with van der Waals surface area (Å²) in [5, 5.41) is 30.1. The molecule has 1 aromatic carbocycles. The van der Waals surface area contributed by atoms with Crippen molar-refractivity contribution in [1.82, 2.24) is 10.4 Å². The zero-order valence-corrected chi connectivity index (χ0v) is 10.7. The number of nitrogens with one attached hydrogen (secondary N) is 1. The number of ether oxygens (including phenoxy) is 1. The van der Waals surface area contributed by atoms with E-state index in [-0.39, 0.29) is 17.4 Å². The van der Waals surface area contributed by atoms with Gasteiger partial charge in [-0.1, -0.05) is 6.07 Å². The number of hydrogen-bond donors (Lipinski definition) is 4. The second-order valence-electron chi connectivity index (χ2n) is 3.94. The van der Waals surface area contributed by atoms with Crippen molar-refractivity contribution in [2.75, 3.05) is 20.2 Å². The van der Waals surface area contributed by atoms with Gasteiger partial charge in [-0.25, -0.2) is 4.79 Å². The van der Waals surface area contributed by atoms with Gasteiger partial charge in [0.2, 0.25) is 0 Å². The summed E-state index contributed by atoms with van der Waals surface area (Å²) in [6.45, 7) is 1.18. The summed E-state index contributed by atoms with van der Waals surface area (Å²) in [7, 11) is 1.48. The molecule has 7 nitrogen and oxygen atoms in total. The maximum atomic E-state index is 10.3. The monoisotopic (exact) mass is 270 g/mol. The first-order chi connectivity index (χ1) is 9.04. The van der Waals surface area contributed by atoms with E-state index in [0.717, 1.165) is 5.56 Å². The molecule has 106 valence electrons. The van der Waals surface area contributed by atoms with Gasteiger partial charge >= 0.3 is 6.09 Å². The molecule has 0 aliphatic carbocycles. The summed E-state index contributed by atoms with van der Waals surface area (Å²) in [4.78, 5) is 10.3. The highest BCUT2D eigenvalue weighted by molar-refractivity contribution is 5.63. The average Bonchev–Trinajstić information content (AvgIpc) is 2.39. The number of carboxylic acid groups (broad SMARTS) is 1. The summed E-state index contributed by atoms with van der Waals surface area (Å²) in [6.07, 6.45) is -0.860. The number of nitrogens with zero attached hydrogens (tertiary/aromatic N) is 1. The fraction of sp³-hybridized carbons (Fsp3) is 0.417. The van der Waals surface area contributed by atoms with Gasteiger partial charge in [-0.15, -0.1) is 0 Å². The zero-order valence-electron chi connectivity index (χ0n) is 10.7. The Labute approximate surface area is 111 Å². The molecular weight excluding hydrogens is 252 g/mol. The van der Waals surface area contributed by atoms with Gasteiger partial charge in [-0.2, -0.15) is 5.06 Å². The second kappa shape index (κ2) is 7.45. The molecule has 0 aromatic heterocycles. The van der Waals surface area contributed by atoms with E-state index in [0.29, 0.717) is 25.3 Å². The third-order valence-corrected chi connectivity index (χ3v) is 2.52. The summed E-state index contributed by atoms with van der Waals surface area (Å²) in [5.74, 6) is 0.496. The number of carbonyl (C=O) groups is 1. The molecule has 0 heterocycles. The molecule has 0 bridgehead atoms. The van der Waals surface area contributed by atoms with Crippen molar-refractivity contribution in [1.29, 1.82) is 0 Å². The molecule has 19 heavy (non-hydrogen) atoms. The minimum atomic E-state index is -1.36. The van der Waals surface area contributed by atoms with E-state index in [1.54, 1.807) is 18.2 Å². The van der Waals surface area contributed by atoms with Crippen molar-refractivity contribution >= 4 is 6.09 Å². The van der Waals surface area contributed by atoms with Gasteiger partial charge in [0.1, 0.15) is 0 Å². The predicted octanol–water partition coefficient (Wildman–Crippen LogP) is 1.25. The third-order valence-electron chi connectivity index (χ3n) is 2.52. The van der Waals surface area contributed by atoms with Gasteiger partial charge in [-0.05, 0) is 30.7 Å². The summed E-state index contributed by atoms with van der Waals surface area (Å²) >= 11 is 0. The Hall–Kier alpha value is -1.99. The van der Waals surface area contributed by atoms with Gasteiger partial charge < -0.3 is 20.3 Å². The highest BCUT2D eigenvalue weighted by Gasteiger charge is 2.06. The van der Waals surface area contributed by atoms with Crippen molar-refractivity contribution in [3.05, 3.63) is 23.8 Å². The van der Waals surface area contributed by atoms with Crippen LogP contribution in [0.25, 0.3) is 0 Å². The van der Waals surface area contributed by atoms with Crippen LogP contribution in [0.1, 0.15) is 12.0 Å². The van der Waals surface area contributed by atoms with Gasteiger partial charge in [0.15, 0.2) is 11.5 Å². The van der Waals surface area contributed by atoms with Crippen molar-refractivity contribution in [3.8, 4) is 11.5 Å². The van der Waals surface area contributed by atoms with E-state index in [9.17, 15) is 9.90 Å². The molecule has 7 heteroatoms. The number of phenolic OH excluding ortho intramolecular Hbond substituents is 1. The fourth-order valence-electron chi connectivity index (χ4n) is 1.51. The number of aromatic hydroxyl groups is 1. The minimum Gasteiger partial charge on any atom is -0.504 e. The van der Waals surface area contributed by atoms with E-state index in [4.69, 9.17) is 15.1 Å². The lowest BCUT2D eigenvalue weighted by Crippen LogP contribution is -2.28. The molecule has 0 spiro atoms. The molecule has 0 unspecified atom stereocenters. The van der Waals surface area contributed by atoms with Crippen molar-refractivity contribution in [3.63, 3.8) is 0 Å². The Morgan fingerprint density at radius 1 is 1.47 bits per heavy atom. The molecule has 0 fully saturated rings. The van der Waals surface area contributed by atoms with Crippen LogP contribution >= 0.6 is 0 Å². The SMILES string of the molecule is COc1cc(CNCCCN(O)C(=O)O)ccc1O. The molecule has 1 amide bonds. The smallest absolute Gasteiger partial charge is 0.431 e. The molecular formula is C12H18N2O5. The lowest BCUT2D eigenvalue weighted by atomic mass is 10.2. The number of methoxy groups -OCH3 is 1. The van der Waals surface area contributed by atoms with Crippen molar-refractivity contribution < 1.29 is 25.0 Å². The minimum absolute atomic E-state index is 0.0568. The van der Waals surface area contributed by atoms with Crippen LogP contribution in [0.4, 0.5) is 4.79 Å². The molecule has 1 aromatic rings. The van der Waals surface area contributed by atoms with Crippen molar-refractivity contribution in [2.24, 2.45) is 0 Å². The summed E-state index contributed by atoms with van der Waals surface area (Å²) in [6, 6.07) is 5.04. The van der Waals surface area contributed by atoms with E-state index in [2.05, 4.69) is 5.32 Å². The van der Waals surface area contributed by atoms with Crippen LogP contribution in [-0.4, -0.2) is 46.8 Å². The fourth-order valence-corrected chi connectivity index (χ4v) is 1.51. The quantitative estimate of drug-likeness (QED) is 0.338. The van der Waals surface area contributed by atoms with Crippen molar-refractivity contribution in [2.45, 2.75) is 13.0 Å². The van der Waals surface area contributed by atoms with Crippen LogP contribution in [0, 0.1) is 0 Å². The topological polar surface area (TPSA) is 102 Å². The van der Waals surface area contributed by atoms with Crippen LogP contribution < -0.4 is 10.1 Å². The van der Waals surface area contributed by atoms with Crippen LogP contribution in [0.15, 0.2) is 18.2 Å². The molecule has 0 saturated heterocycles. The molecule has 0 radical (unpaired) electrons. The largest absolute Gasteiger partial charge is 0.504 e. The number of phenols is 1. The maximum Gasteiger partial charge on any atom is 0.431 e. The third kappa shape index (κ3) is 5.02. The first-order valence-electron chi connectivity index (χ1n) is 5.80. The molecule has 4 N–H and O–H groups in total. The Morgan fingerprint density at radius 2 is 2.21 bits per heavy atom. The predicted molar refractivity (Wildman–Crippen MR) is 67.5 cm³/mol. The van der Waals surface area contributed by atoms with Crippen LogP contribution in [-0.2, 0) is 6.54 Å². The molecule has 0 atom stereocenters. The van der Waals surface area contributed by atoms with E-state index in [1.807, 2.05) is 0 Å². The Balaban J connectivity index is 2.28. The van der Waals surface area contributed by atoms with E-state index < -0.39 is 6.09 Å². The van der Waals surface area contributed by atoms with Gasteiger partial charge in [0.05, 0.1) is 13.7 Å². The number of hydroxylamine groups is 2. The van der Waals surface area contributed by atoms with Crippen LogP contribution in [0.2, 0.25) is 0 Å². The first-order valence-corrected chi connectivity index (χ1v) is 5.80. The molecule has 0 aliphatic heterocycles. The number of benzene rings is 1. The standard InChI is InChI=1S/C12H18N2O5/c1-19-11-7-9(3-4-10(11)15)8-13-5-2-6-14(18)12(16)17/h3-4,7,13,15,18H,2,5-6,8H2,1H3,(H,16,17). The number of rotatable bonds is 7. The Morgan fingerprint density at radius 3 is 2.84 bits per heavy atom. The van der Waals surface area contributed by atoms with Gasteiger partial charge in [0, 0.05) is 6.54 Å².